The molecular weight excluding hydrogens is 176 g/mol. The summed E-state index contributed by atoms with van der Waals surface area (Å²) in [6.45, 7) is 2.07. The first kappa shape index (κ1) is 9.25. The Morgan fingerprint density at radius 1 is 1.57 bits per heavy atom. The summed E-state index contributed by atoms with van der Waals surface area (Å²) in [6.07, 6.45) is 1.36. The van der Waals surface area contributed by atoms with Crippen molar-refractivity contribution in [1.82, 2.24) is 0 Å². The quantitative estimate of drug-likeness (QED) is 0.795. The molecule has 2 heteroatoms. The molecule has 1 N–H and O–H groups in total. The van der Waals surface area contributed by atoms with Crippen molar-refractivity contribution in [3.8, 4) is 0 Å². The second kappa shape index (κ2) is 3.45. The fourth-order valence-corrected chi connectivity index (χ4v) is 2.01. The third-order valence-corrected chi connectivity index (χ3v) is 2.83. The fraction of sp³-hybridized carbons (Fsp3) is 0.417. The molecule has 0 heterocycles. The Morgan fingerprint density at radius 3 is 3.00 bits per heavy atom. The second-order valence-electron chi connectivity index (χ2n) is 4.11. The highest BCUT2D eigenvalue weighted by Gasteiger charge is 2.39. The van der Waals surface area contributed by atoms with Crippen molar-refractivity contribution in [2.45, 2.75) is 25.7 Å². The van der Waals surface area contributed by atoms with Crippen molar-refractivity contribution in [3.05, 3.63) is 35.4 Å². The van der Waals surface area contributed by atoms with Crippen LogP contribution in [0.3, 0.4) is 0 Å². The Labute approximate surface area is 83.6 Å². The Bertz CT molecular complexity index is 357. The molecule has 1 aromatic rings. The molecule has 0 aliphatic heterocycles. The molecule has 0 bridgehead atoms. The lowest BCUT2D eigenvalue weighted by Crippen LogP contribution is -1.96. The van der Waals surface area contributed by atoms with Crippen molar-refractivity contribution >= 4 is 5.97 Å². The first-order valence-electron chi connectivity index (χ1n) is 4.95. The SMILES string of the molecule is Cc1cccc(C2CC2CC(=O)O)c1. The van der Waals surface area contributed by atoms with Gasteiger partial charge in [-0.15, -0.1) is 0 Å². The van der Waals surface area contributed by atoms with E-state index in [0.29, 0.717) is 18.3 Å². The van der Waals surface area contributed by atoms with Gasteiger partial charge in [-0.25, -0.2) is 0 Å². The van der Waals surface area contributed by atoms with Crippen LogP contribution in [0.4, 0.5) is 0 Å². The molecule has 74 valence electrons. The van der Waals surface area contributed by atoms with E-state index in [1.54, 1.807) is 0 Å². The molecule has 2 atom stereocenters. The van der Waals surface area contributed by atoms with Crippen molar-refractivity contribution in [2.75, 3.05) is 0 Å². The highest BCUT2D eigenvalue weighted by molar-refractivity contribution is 5.67. The van der Waals surface area contributed by atoms with Gasteiger partial charge in [0.2, 0.25) is 0 Å². The summed E-state index contributed by atoms with van der Waals surface area (Å²) in [5, 5.41) is 8.64. The molecule has 1 aromatic carbocycles. The lowest BCUT2D eigenvalue weighted by molar-refractivity contribution is -0.137. The van der Waals surface area contributed by atoms with Crippen LogP contribution < -0.4 is 0 Å². The smallest absolute Gasteiger partial charge is 0.303 e. The predicted molar refractivity (Wildman–Crippen MR) is 54.3 cm³/mol. The van der Waals surface area contributed by atoms with Crippen LogP contribution in [0.2, 0.25) is 0 Å². The minimum Gasteiger partial charge on any atom is -0.481 e. The van der Waals surface area contributed by atoms with Gasteiger partial charge in [-0.2, -0.15) is 0 Å². The van der Waals surface area contributed by atoms with E-state index in [4.69, 9.17) is 5.11 Å². The number of aliphatic carboxylic acids is 1. The van der Waals surface area contributed by atoms with Crippen LogP contribution in [0.25, 0.3) is 0 Å². The summed E-state index contributed by atoms with van der Waals surface area (Å²) in [6, 6.07) is 8.37. The Hall–Kier alpha value is -1.31. The van der Waals surface area contributed by atoms with Crippen LogP contribution in [0.5, 0.6) is 0 Å². The maximum absolute atomic E-state index is 10.5. The van der Waals surface area contributed by atoms with E-state index in [9.17, 15) is 4.79 Å². The third kappa shape index (κ3) is 1.95. The molecule has 0 aromatic heterocycles. The normalized spacial score (nSPS) is 24.6. The maximum atomic E-state index is 10.5. The minimum atomic E-state index is -0.676. The molecular formula is C12H14O2. The van der Waals surface area contributed by atoms with Crippen LogP contribution in [0.15, 0.2) is 24.3 Å². The minimum absolute atomic E-state index is 0.318. The van der Waals surface area contributed by atoms with Gasteiger partial charge in [0, 0.05) is 6.42 Å². The second-order valence-corrected chi connectivity index (χ2v) is 4.11. The van der Waals surface area contributed by atoms with Gasteiger partial charge in [-0.3, -0.25) is 4.79 Å². The van der Waals surface area contributed by atoms with Gasteiger partial charge in [0.15, 0.2) is 0 Å². The van der Waals surface area contributed by atoms with Gasteiger partial charge in [0.1, 0.15) is 0 Å². The van der Waals surface area contributed by atoms with Gasteiger partial charge in [-0.1, -0.05) is 29.8 Å². The zero-order chi connectivity index (χ0) is 10.1. The molecule has 2 nitrogen and oxygen atoms in total. The van der Waals surface area contributed by atoms with Gasteiger partial charge in [0.25, 0.3) is 0 Å². The highest BCUT2D eigenvalue weighted by atomic mass is 16.4. The summed E-state index contributed by atoms with van der Waals surface area (Å²) in [7, 11) is 0. The molecule has 0 radical (unpaired) electrons. The standard InChI is InChI=1S/C12H14O2/c1-8-3-2-4-9(5-8)11-6-10(11)7-12(13)14/h2-5,10-11H,6-7H2,1H3,(H,13,14). The molecule has 2 rings (SSSR count). The Balaban J connectivity index is 2.02. The monoisotopic (exact) mass is 190 g/mol. The topological polar surface area (TPSA) is 37.3 Å². The molecule has 14 heavy (non-hydrogen) atoms. The van der Waals surface area contributed by atoms with E-state index < -0.39 is 5.97 Å². The number of carboxylic acids is 1. The third-order valence-electron chi connectivity index (χ3n) is 2.83. The van der Waals surface area contributed by atoms with Crippen LogP contribution in [0, 0.1) is 12.8 Å². The summed E-state index contributed by atoms with van der Waals surface area (Å²) in [4.78, 5) is 10.5. The van der Waals surface area contributed by atoms with Crippen LogP contribution >= 0.6 is 0 Å². The fourth-order valence-electron chi connectivity index (χ4n) is 2.01. The summed E-state index contributed by atoms with van der Waals surface area (Å²) in [5.41, 5.74) is 2.56. The molecule has 1 aliphatic carbocycles. The number of hydrogen-bond donors (Lipinski definition) is 1. The molecule has 0 amide bonds. The average molecular weight is 190 g/mol. The number of aryl methyl sites for hydroxylation is 1. The zero-order valence-electron chi connectivity index (χ0n) is 8.23. The van der Waals surface area contributed by atoms with E-state index in [2.05, 4.69) is 25.1 Å². The Morgan fingerprint density at radius 2 is 2.36 bits per heavy atom. The highest BCUT2D eigenvalue weighted by Crippen LogP contribution is 2.49. The van der Waals surface area contributed by atoms with Crippen LogP contribution in [0.1, 0.15) is 29.9 Å². The van der Waals surface area contributed by atoms with Crippen molar-refractivity contribution in [2.24, 2.45) is 5.92 Å². The first-order chi connectivity index (χ1) is 6.66. The zero-order valence-corrected chi connectivity index (χ0v) is 8.23. The molecule has 1 saturated carbocycles. The van der Waals surface area contributed by atoms with Crippen molar-refractivity contribution in [1.29, 1.82) is 0 Å². The summed E-state index contributed by atoms with van der Waals surface area (Å²) in [5.74, 6) is 0.186. The molecule has 1 fully saturated rings. The molecule has 2 unspecified atom stereocenters. The van der Waals surface area contributed by atoms with E-state index >= 15 is 0 Å². The molecule has 1 aliphatic rings. The van der Waals surface area contributed by atoms with E-state index in [-0.39, 0.29) is 0 Å². The summed E-state index contributed by atoms with van der Waals surface area (Å²) >= 11 is 0. The van der Waals surface area contributed by atoms with Crippen molar-refractivity contribution < 1.29 is 9.90 Å². The average Bonchev–Trinajstić information content (AvgIpc) is 2.82. The van der Waals surface area contributed by atoms with Crippen LogP contribution in [-0.2, 0) is 4.79 Å². The van der Waals surface area contributed by atoms with Gasteiger partial charge >= 0.3 is 5.97 Å². The Kier molecular flexibility index (Phi) is 2.28. The van der Waals surface area contributed by atoms with Crippen molar-refractivity contribution in [3.63, 3.8) is 0 Å². The first-order valence-corrected chi connectivity index (χ1v) is 4.95. The van der Waals surface area contributed by atoms with Gasteiger partial charge < -0.3 is 5.11 Å². The number of carboxylic acid groups (broad SMARTS) is 1. The number of benzene rings is 1. The number of carbonyl (C=O) groups is 1. The van der Waals surface area contributed by atoms with Crippen LogP contribution in [-0.4, -0.2) is 11.1 Å². The molecule has 0 spiro atoms. The van der Waals surface area contributed by atoms with E-state index in [1.165, 1.54) is 11.1 Å². The van der Waals surface area contributed by atoms with Gasteiger partial charge in [-0.05, 0) is 30.7 Å². The lowest BCUT2D eigenvalue weighted by Gasteiger charge is -2.00. The number of rotatable bonds is 3. The van der Waals surface area contributed by atoms with Gasteiger partial charge in [0.05, 0.1) is 0 Å². The lowest BCUT2D eigenvalue weighted by atomic mass is 10.1. The maximum Gasteiger partial charge on any atom is 0.303 e. The molecule has 0 saturated heterocycles. The van der Waals surface area contributed by atoms with E-state index in [1.807, 2.05) is 6.07 Å². The van der Waals surface area contributed by atoms with E-state index in [0.717, 1.165) is 6.42 Å². The predicted octanol–water partition coefficient (Wildman–Crippen LogP) is 2.57. The number of hydrogen-bond acceptors (Lipinski definition) is 1. The largest absolute Gasteiger partial charge is 0.481 e. The summed E-state index contributed by atoms with van der Waals surface area (Å²) < 4.78 is 0.